The third-order valence-electron chi connectivity index (χ3n) is 3.67. The standard InChI is InChI=1S/C14H25N5O/c1-2-15-9-13-10-19(18-17-13)11-14(20)16-12-7-5-3-4-6-8-12/h10,12,15H,2-9,11H2,1H3,(H,16,20). The highest BCUT2D eigenvalue weighted by molar-refractivity contribution is 5.75. The van der Waals surface area contributed by atoms with E-state index in [9.17, 15) is 4.79 Å². The van der Waals surface area contributed by atoms with Crippen molar-refractivity contribution in [1.82, 2.24) is 25.6 Å². The summed E-state index contributed by atoms with van der Waals surface area (Å²) in [6.07, 6.45) is 9.08. The monoisotopic (exact) mass is 279 g/mol. The van der Waals surface area contributed by atoms with Crippen molar-refractivity contribution in [3.05, 3.63) is 11.9 Å². The van der Waals surface area contributed by atoms with Crippen molar-refractivity contribution in [2.24, 2.45) is 0 Å². The Bertz CT molecular complexity index is 409. The fourth-order valence-electron chi connectivity index (χ4n) is 2.59. The Morgan fingerprint density at radius 3 is 2.80 bits per heavy atom. The SMILES string of the molecule is CCNCc1cn(CC(=O)NC2CCCCCC2)nn1. The average molecular weight is 279 g/mol. The summed E-state index contributed by atoms with van der Waals surface area (Å²) in [6.45, 7) is 3.90. The first-order chi connectivity index (χ1) is 9.78. The van der Waals surface area contributed by atoms with Gasteiger partial charge in [0.2, 0.25) is 5.91 Å². The van der Waals surface area contributed by atoms with Crippen molar-refractivity contribution in [3.63, 3.8) is 0 Å². The number of nitrogens with zero attached hydrogens (tertiary/aromatic N) is 3. The van der Waals surface area contributed by atoms with Gasteiger partial charge in [0.05, 0.1) is 11.9 Å². The summed E-state index contributed by atoms with van der Waals surface area (Å²) >= 11 is 0. The molecule has 1 aliphatic rings. The highest BCUT2D eigenvalue weighted by Gasteiger charge is 2.15. The van der Waals surface area contributed by atoms with Gasteiger partial charge in [0, 0.05) is 12.6 Å². The Morgan fingerprint density at radius 2 is 2.10 bits per heavy atom. The minimum absolute atomic E-state index is 0.0387. The predicted molar refractivity (Wildman–Crippen MR) is 77.0 cm³/mol. The molecule has 0 saturated heterocycles. The van der Waals surface area contributed by atoms with Crippen LogP contribution in [-0.2, 0) is 17.9 Å². The summed E-state index contributed by atoms with van der Waals surface area (Å²) in [5.74, 6) is 0.0387. The number of carbonyl (C=O) groups excluding carboxylic acids is 1. The summed E-state index contributed by atoms with van der Waals surface area (Å²) in [5.41, 5.74) is 0.870. The van der Waals surface area contributed by atoms with Crippen LogP contribution < -0.4 is 10.6 Å². The first-order valence-corrected chi connectivity index (χ1v) is 7.67. The van der Waals surface area contributed by atoms with Crippen molar-refractivity contribution in [3.8, 4) is 0 Å². The van der Waals surface area contributed by atoms with Gasteiger partial charge < -0.3 is 10.6 Å². The lowest BCUT2D eigenvalue weighted by molar-refractivity contribution is -0.122. The fraction of sp³-hybridized carbons (Fsp3) is 0.786. The molecular weight excluding hydrogens is 254 g/mol. The van der Waals surface area contributed by atoms with Gasteiger partial charge in [-0.1, -0.05) is 37.8 Å². The fourth-order valence-corrected chi connectivity index (χ4v) is 2.59. The number of amides is 1. The zero-order valence-corrected chi connectivity index (χ0v) is 12.3. The van der Waals surface area contributed by atoms with E-state index < -0.39 is 0 Å². The molecule has 0 atom stereocenters. The molecule has 6 heteroatoms. The van der Waals surface area contributed by atoms with Gasteiger partial charge in [-0.05, 0) is 19.4 Å². The van der Waals surface area contributed by atoms with E-state index in [4.69, 9.17) is 0 Å². The van der Waals surface area contributed by atoms with Crippen LogP contribution in [0.1, 0.15) is 51.1 Å². The molecule has 1 fully saturated rings. The Balaban J connectivity index is 1.76. The van der Waals surface area contributed by atoms with E-state index in [1.807, 2.05) is 13.1 Å². The van der Waals surface area contributed by atoms with Crippen LogP contribution in [0.15, 0.2) is 6.20 Å². The highest BCUT2D eigenvalue weighted by atomic mass is 16.2. The predicted octanol–water partition coefficient (Wildman–Crippen LogP) is 1.23. The molecule has 0 unspecified atom stereocenters. The third-order valence-corrected chi connectivity index (χ3v) is 3.67. The number of carbonyl (C=O) groups is 1. The van der Waals surface area contributed by atoms with E-state index in [1.54, 1.807) is 4.68 Å². The second-order valence-electron chi connectivity index (χ2n) is 5.44. The van der Waals surface area contributed by atoms with E-state index >= 15 is 0 Å². The quantitative estimate of drug-likeness (QED) is 0.768. The molecule has 0 radical (unpaired) electrons. The topological polar surface area (TPSA) is 71.8 Å². The zero-order chi connectivity index (χ0) is 14.2. The van der Waals surface area contributed by atoms with E-state index in [2.05, 4.69) is 20.9 Å². The van der Waals surface area contributed by atoms with Gasteiger partial charge in [0.25, 0.3) is 0 Å². The zero-order valence-electron chi connectivity index (χ0n) is 12.3. The van der Waals surface area contributed by atoms with Crippen molar-refractivity contribution in [1.29, 1.82) is 0 Å². The number of aromatic nitrogens is 3. The summed E-state index contributed by atoms with van der Waals surface area (Å²) in [6, 6.07) is 0.342. The molecule has 1 saturated carbocycles. The molecule has 1 aromatic rings. The lowest BCUT2D eigenvalue weighted by Crippen LogP contribution is -2.36. The van der Waals surface area contributed by atoms with Gasteiger partial charge in [-0.2, -0.15) is 0 Å². The van der Waals surface area contributed by atoms with E-state index in [-0.39, 0.29) is 12.5 Å². The van der Waals surface area contributed by atoms with Crippen LogP contribution in [0.3, 0.4) is 0 Å². The number of rotatable bonds is 6. The minimum Gasteiger partial charge on any atom is -0.352 e. The van der Waals surface area contributed by atoms with Crippen molar-refractivity contribution in [2.75, 3.05) is 6.54 Å². The molecule has 0 spiro atoms. The number of nitrogens with one attached hydrogen (secondary N) is 2. The lowest BCUT2D eigenvalue weighted by atomic mass is 10.1. The van der Waals surface area contributed by atoms with Gasteiger partial charge in [0.1, 0.15) is 6.54 Å². The van der Waals surface area contributed by atoms with Gasteiger partial charge in [-0.15, -0.1) is 5.10 Å². The first kappa shape index (κ1) is 15.0. The molecule has 1 aromatic heterocycles. The van der Waals surface area contributed by atoms with Crippen LogP contribution in [-0.4, -0.2) is 33.5 Å². The van der Waals surface area contributed by atoms with Gasteiger partial charge in [-0.3, -0.25) is 4.79 Å². The molecule has 2 rings (SSSR count). The van der Waals surface area contributed by atoms with Crippen LogP contribution in [0.2, 0.25) is 0 Å². The molecule has 20 heavy (non-hydrogen) atoms. The van der Waals surface area contributed by atoms with Gasteiger partial charge >= 0.3 is 0 Å². The van der Waals surface area contributed by atoms with Gasteiger partial charge in [0.15, 0.2) is 0 Å². The minimum atomic E-state index is 0.0387. The van der Waals surface area contributed by atoms with Crippen LogP contribution in [0.5, 0.6) is 0 Å². The Labute approximate surface area is 120 Å². The Hall–Kier alpha value is -1.43. The number of hydrogen-bond acceptors (Lipinski definition) is 4. The van der Waals surface area contributed by atoms with Crippen molar-refractivity contribution >= 4 is 5.91 Å². The van der Waals surface area contributed by atoms with Crippen LogP contribution in [0, 0.1) is 0 Å². The second kappa shape index (κ2) is 7.99. The van der Waals surface area contributed by atoms with Crippen molar-refractivity contribution < 1.29 is 4.79 Å². The maximum atomic E-state index is 12.0. The molecule has 6 nitrogen and oxygen atoms in total. The molecule has 112 valence electrons. The number of hydrogen-bond donors (Lipinski definition) is 2. The smallest absolute Gasteiger partial charge is 0.242 e. The summed E-state index contributed by atoms with van der Waals surface area (Å²) < 4.78 is 1.61. The highest BCUT2D eigenvalue weighted by Crippen LogP contribution is 2.17. The molecular formula is C14H25N5O. The Kier molecular flexibility index (Phi) is 5.98. The van der Waals surface area contributed by atoms with Crippen LogP contribution in [0.25, 0.3) is 0 Å². The third kappa shape index (κ3) is 4.92. The van der Waals surface area contributed by atoms with E-state index in [1.165, 1.54) is 25.7 Å². The maximum absolute atomic E-state index is 12.0. The van der Waals surface area contributed by atoms with E-state index in [0.29, 0.717) is 12.6 Å². The average Bonchev–Trinajstić information content (AvgIpc) is 2.70. The summed E-state index contributed by atoms with van der Waals surface area (Å²) in [4.78, 5) is 12.0. The normalized spacial score (nSPS) is 16.9. The molecule has 0 aromatic carbocycles. The van der Waals surface area contributed by atoms with Crippen LogP contribution >= 0.6 is 0 Å². The van der Waals surface area contributed by atoms with Crippen LogP contribution in [0.4, 0.5) is 0 Å². The van der Waals surface area contributed by atoms with Crippen molar-refractivity contribution in [2.45, 2.75) is 64.6 Å². The summed E-state index contributed by atoms with van der Waals surface area (Å²) in [5, 5.41) is 14.3. The molecule has 1 amide bonds. The van der Waals surface area contributed by atoms with E-state index in [0.717, 1.165) is 25.1 Å². The Morgan fingerprint density at radius 1 is 1.35 bits per heavy atom. The van der Waals surface area contributed by atoms with Gasteiger partial charge in [-0.25, -0.2) is 4.68 Å². The molecule has 0 aliphatic heterocycles. The molecule has 1 heterocycles. The molecule has 1 aliphatic carbocycles. The molecule has 2 N–H and O–H groups in total. The molecule has 0 bridgehead atoms. The first-order valence-electron chi connectivity index (χ1n) is 7.67. The largest absolute Gasteiger partial charge is 0.352 e. The maximum Gasteiger partial charge on any atom is 0.242 e. The lowest BCUT2D eigenvalue weighted by Gasteiger charge is -2.15. The summed E-state index contributed by atoms with van der Waals surface area (Å²) in [7, 11) is 0. The second-order valence-corrected chi connectivity index (χ2v) is 5.44.